The molecular formula is C24H30O9. The van der Waals surface area contributed by atoms with Crippen LogP contribution in [0.25, 0.3) is 0 Å². The molecule has 9 heteroatoms. The number of benzene rings is 1. The van der Waals surface area contributed by atoms with Crippen molar-refractivity contribution in [2.45, 2.75) is 57.4 Å². The molecule has 2 aliphatic rings. The summed E-state index contributed by atoms with van der Waals surface area (Å²) in [5, 5.41) is 9.92. The van der Waals surface area contributed by atoms with Gasteiger partial charge < -0.3 is 28.8 Å². The summed E-state index contributed by atoms with van der Waals surface area (Å²) in [4.78, 5) is 38.4. The third-order valence-corrected chi connectivity index (χ3v) is 5.71. The fourth-order valence-electron chi connectivity index (χ4n) is 3.68. The zero-order valence-electron chi connectivity index (χ0n) is 18.9. The van der Waals surface area contributed by atoms with E-state index in [1.54, 1.807) is 44.2 Å². The number of hydrogen-bond donors (Lipinski definition) is 1. The van der Waals surface area contributed by atoms with Crippen molar-refractivity contribution in [1.82, 2.24) is 0 Å². The van der Waals surface area contributed by atoms with E-state index in [9.17, 15) is 19.5 Å². The van der Waals surface area contributed by atoms with E-state index in [2.05, 4.69) is 0 Å². The number of ether oxygens (including phenoxy) is 5. The molecule has 1 aromatic rings. The maximum absolute atomic E-state index is 12.8. The molecule has 2 aliphatic heterocycles. The first-order chi connectivity index (χ1) is 15.8. The highest BCUT2D eigenvalue weighted by molar-refractivity contribution is 5.89. The first kappa shape index (κ1) is 24.9. The number of rotatable bonds is 4. The average molecular weight is 462 g/mol. The van der Waals surface area contributed by atoms with E-state index in [0.717, 1.165) is 0 Å². The number of fused-ring (bicyclic) bond motifs is 1. The summed E-state index contributed by atoms with van der Waals surface area (Å²) in [6.45, 7) is 2.89. The zero-order chi connectivity index (χ0) is 24.0. The van der Waals surface area contributed by atoms with Crippen molar-refractivity contribution in [1.29, 1.82) is 0 Å². The highest BCUT2D eigenvalue weighted by Crippen LogP contribution is 2.31. The molecule has 0 amide bonds. The molecule has 1 aromatic carbocycles. The van der Waals surface area contributed by atoms with Crippen LogP contribution in [0.3, 0.4) is 0 Å². The fraction of sp³-hybridized carbons (Fsp3) is 0.542. The smallest absolute Gasteiger partial charge is 0.338 e. The normalized spacial score (nSPS) is 33.0. The number of aliphatic hydroxyl groups excluding tert-OH is 1. The number of methoxy groups -OCH3 is 1. The van der Waals surface area contributed by atoms with E-state index in [-0.39, 0.29) is 5.56 Å². The molecule has 1 saturated heterocycles. The molecule has 0 aliphatic carbocycles. The quantitative estimate of drug-likeness (QED) is 0.407. The van der Waals surface area contributed by atoms with Crippen LogP contribution < -0.4 is 0 Å². The predicted molar refractivity (Wildman–Crippen MR) is 115 cm³/mol. The second-order valence-corrected chi connectivity index (χ2v) is 8.25. The maximum Gasteiger partial charge on any atom is 0.338 e. The number of carbonyl (C=O) groups excluding carboxylic acids is 3. The van der Waals surface area contributed by atoms with Crippen molar-refractivity contribution < 1.29 is 43.2 Å². The van der Waals surface area contributed by atoms with Gasteiger partial charge in [0.25, 0.3) is 0 Å². The van der Waals surface area contributed by atoms with Crippen molar-refractivity contribution in [3.8, 4) is 0 Å². The Morgan fingerprint density at radius 2 is 1.58 bits per heavy atom. The number of hydrogen-bond acceptors (Lipinski definition) is 9. The Balaban J connectivity index is 1.97. The first-order valence-electron chi connectivity index (χ1n) is 11.0. The van der Waals surface area contributed by atoms with Crippen LogP contribution in [0.1, 0.15) is 37.0 Å². The van der Waals surface area contributed by atoms with Crippen molar-refractivity contribution in [2.75, 3.05) is 13.7 Å². The van der Waals surface area contributed by atoms with Crippen molar-refractivity contribution >= 4 is 17.9 Å². The molecule has 0 spiro atoms. The lowest BCUT2D eigenvalue weighted by Gasteiger charge is -2.44. The summed E-state index contributed by atoms with van der Waals surface area (Å²) >= 11 is 0. The minimum absolute atomic E-state index is 0.275. The van der Waals surface area contributed by atoms with Gasteiger partial charge in [0.1, 0.15) is 6.10 Å². The minimum atomic E-state index is -1.25. The van der Waals surface area contributed by atoms with Gasteiger partial charge in [-0.25, -0.2) is 4.79 Å². The van der Waals surface area contributed by atoms with Crippen LogP contribution in [0.4, 0.5) is 0 Å². The molecule has 0 radical (unpaired) electrons. The Hall–Kier alpha value is -2.75. The maximum atomic E-state index is 12.8. The zero-order valence-corrected chi connectivity index (χ0v) is 18.9. The fourth-order valence-corrected chi connectivity index (χ4v) is 3.68. The molecule has 3 rings (SSSR count). The van der Waals surface area contributed by atoms with Gasteiger partial charge in [-0.2, -0.15) is 0 Å². The number of allylic oxidation sites excluding steroid dienone is 2. The molecule has 33 heavy (non-hydrogen) atoms. The Labute approximate surface area is 192 Å². The highest BCUT2D eigenvalue weighted by Gasteiger charge is 2.53. The molecule has 1 N–H and O–H groups in total. The van der Waals surface area contributed by atoms with E-state index in [1.165, 1.54) is 7.11 Å². The molecule has 2 heterocycles. The van der Waals surface area contributed by atoms with Gasteiger partial charge in [-0.1, -0.05) is 44.2 Å². The predicted octanol–water partition coefficient (Wildman–Crippen LogP) is 2.02. The number of aliphatic hydroxyl groups is 1. The molecule has 0 unspecified atom stereocenters. The lowest BCUT2D eigenvalue weighted by atomic mass is 9.96. The van der Waals surface area contributed by atoms with Crippen molar-refractivity contribution in [2.24, 2.45) is 11.8 Å². The number of carbonyl (C=O) groups is 3. The van der Waals surface area contributed by atoms with Crippen LogP contribution in [0.15, 0.2) is 42.5 Å². The summed E-state index contributed by atoms with van der Waals surface area (Å²) in [5.41, 5.74) is 0.275. The van der Waals surface area contributed by atoms with Gasteiger partial charge in [0, 0.05) is 7.11 Å². The van der Waals surface area contributed by atoms with Crippen LogP contribution >= 0.6 is 0 Å². The van der Waals surface area contributed by atoms with Crippen LogP contribution in [0, 0.1) is 11.8 Å². The average Bonchev–Trinajstić information content (AvgIpc) is 2.83. The molecule has 180 valence electrons. The molecule has 9 nitrogen and oxygen atoms in total. The van der Waals surface area contributed by atoms with Crippen LogP contribution in [0.5, 0.6) is 0 Å². The first-order valence-corrected chi connectivity index (χ1v) is 11.0. The minimum Gasteiger partial charge on any atom is -0.455 e. The lowest BCUT2D eigenvalue weighted by molar-refractivity contribution is -0.299. The van der Waals surface area contributed by atoms with Crippen LogP contribution in [0.2, 0.25) is 0 Å². The van der Waals surface area contributed by atoms with E-state index < -0.39 is 67.1 Å². The highest BCUT2D eigenvalue weighted by atomic mass is 16.7. The summed E-state index contributed by atoms with van der Waals surface area (Å²) < 4.78 is 28.1. The number of esters is 3. The van der Waals surface area contributed by atoms with Gasteiger partial charge in [0.05, 0.1) is 24.0 Å². The second-order valence-electron chi connectivity index (χ2n) is 8.25. The van der Waals surface area contributed by atoms with Crippen LogP contribution in [-0.2, 0) is 33.3 Å². The van der Waals surface area contributed by atoms with Gasteiger partial charge >= 0.3 is 17.9 Å². The monoisotopic (exact) mass is 462 g/mol. The summed E-state index contributed by atoms with van der Waals surface area (Å²) in [6.07, 6.45) is -1.43. The lowest BCUT2D eigenvalue weighted by Crippen LogP contribution is -2.63. The standard InChI is InChI=1S/C24H30O9/c1-14-9-7-8-10-15(2)22(27)32-19-18(31-21(14)26)17(13-25)30-24(29-3)20(19)33-23(28)16-11-5-4-6-12-16/h4-8,11-12,14-15,17-20,24-25H,9-10,13H2,1-3H3/t14-,15-,17-,18-,19+,20-,24+/m1/s1. The molecule has 7 atom stereocenters. The molecule has 0 saturated carbocycles. The van der Waals surface area contributed by atoms with Crippen molar-refractivity contribution in [3.05, 3.63) is 48.0 Å². The van der Waals surface area contributed by atoms with Gasteiger partial charge in [-0.15, -0.1) is 0 Å². The molecule has 0 aromatic heterocycles. The Morgan fingerprint density at radius 1 is 1.00 bits per heavy atom. The summed E-state index contributed by atoms with van der Waals surface area (Å²) in [7, 11) is 1.33. The van der Waals surface area contributed by atoms with Gasteiger partial charge in [0.15, 0.2) is 24.6 Å². The van der Waals surface area contributed by atoms with E-state index in [1.807, 2.05) is 12.2 Å². The largest absolute Gasteiger partial charge is 0.455 e. The third-order valence-electron chi connectivity index (χ3n) is 5.71. The van der Waals surface area contributed by atoms with Crippen LogP contribution in [-0.4, -0.2) is 67.4 Å². The summed E-state index contributed by atoms with van der Waals surface area (Å²) in [5.74, 6) is -2.77. The Morgan fingerprint density at radius 3 is 2.12 bits per heavy atom. The van der Waals surface area contributed by atoms with Crippen molar-refractivity contribution in [3.63, 3.8) is 0 Å². The van der Waals surface area contributed by atoms with Gasteiger partial charge in [-0.05, 0) is 25.0 Å². The SMILES string of the molecule is CO[C@H]1O[C@H](CO)[C@H]2OC(=O)[C@H](C)CC=CC[C@@H](C)C(=O)O[C@@H]2[C@H]1OC(=O)c1ccccc1. The molecule has 1 fully saturated rings. The Kier molecular flexibility index (Phi) is 8.60. The Bertz CT molecular complexity index is 853. The third kappa shape index (κ3) is 5.98. The van der Waals surface area contributed by atoms with Gasteiger partial charge in [0.2, 0.25) is 0 Å². The molecule has 0 bridgehead atoms. The topological polar surface area (TPSA) is 118 Å². The van der Waals surface area contributed by atoms with E-state index >= 15 is 0 Å². The van der Waals surface area contributed by atoms with E-state index in [4.69, 9.17) is 23.7 Å². The van der Waals surface area contributed by atoms with Gasteiger partial charge in [-0.3, -0.25) is 9.59 Å². The van der Waals surface area contributed by atoms with E-state index in [0.29, 0.717) is 12.8 Å². The second kappa shape index (κ2) is 11.4. The summed E-state index contributed by atoms with van der Waals surface area (Å²) in [6, 6.07) is 8.27. The molecular weight excluding hydrogens is 432 g/mol.